The van der Waals surface area contributed by atoms with Crippen LogP contribution in [0.5, 0.6) is 5.75 Å². The van der Waals surface area contributed by atoms with Crippen LogP contribution in [0.1, 0.15) is 36.6 Å². The van der Waals surface area contributed by atoms with Crippen LogP contribution < -0.4 is 4.74 Å². The van der Waals surface area contributed by atoms with Crippen LogP contribution in [0.15, 0.2) is 78.9 Å². The van der Waals surface area contributed by atoms with Gasteiger partial charge in [-0.3, -0.25) is 14.9 Å². The van der Waals surface area contributed by atoms with E-state index in [1.165, 1.54) is 61.7 Å². The third-order valence-electron chi connectivity index (χ3n) is 4.42. The number of carbonyl (C=O) groups is 3. The van der Waals surface area contributed by atoms with E-state index in [9.17, 15) is 24.5 Å². The number of ketones is 1. The molecule has 0 heterocycles. The predicted octanol–water partition coefficient (Wildman–Crippen LogP) is 4.50. The van der Waals surface area contributed by atoms with Gasteiger partial charge in [-0.25, -0.2) is 9.59 Å². The molecule has 0 amide bonds. The van der Waals surface area contributed by atoms with Crippen LogP contribution in [0.2, 0.25) is 0 Å². The zero-order valence-electron chi connectivity index (χ0n) is 16.9. The number of rotatable bonds is 7. The number of esters is 2. The van der Waals surface area contributed by atoms with E-state index in [4.69, 9.17) is 4.74 Å². The molecule has 0 aliphatic heterocycles. The number of allylic oxidation sites excluding steroid dienone is 1. The van der Waals surface area contributed by atoms with E-state index in [1.54, 1.807) is 30.3 Å². The minimum absolute atomic E-state index is 0.128. The highest BCUT2D eigenvalue weighted by Gasteiger charge is 2.12. The number of hydrogen-bond acceptors (Lipinski definition) is 7. The molecule has 0 aromatic heterocycles. The van der Waals surface area contributed by atoms with Crippen molar-refractivity contribution in [1.29, 1.82) is 0 Å². The van der Waals surface area contributed by atoms with Crippen molar-refractivity contribution in [3.8, 4) is 5.75 Å². The Hall–Kier alpha value is -4.59. The summed E-state index contributed by atoms with van der Waals surface area (Å²) >= 11 is 0. The van der Waals surface area contributed by atoms with Gasteiger partial charge < -0.3 is 9.47 Å². The van der Waals surface area contributed by atoms with Crippen LogP contribution in [-0.2, 0) is 4.74 Å². The number of methoxy groups -OCH3 is 1. The fourth-order valence-corrected chi connectivity index (χ4v) is 2.69. The highest BCUT2D eigenvalue weighted by Crippen LogP contribution is 2.17. The van der Waals surface area contributed by atoms with Gasteiger partial charge in [-0.2, -0.15) is 0 Å². The fraction of sp³-hybridized carbons (Fsp3) is 0.0417. The third kappa shape index (κ3) is 5.51. The maximum atomic E-state index is 12.4. The molecule has 0 atom stereocenters. The van der Waals surface area contributed by atoms with Crippen molar-refractivity contribution >= 4 is 29.5 Å². The first-order valence-electron chi connectivity index (χ1n) is 9.35. The number of nitrogens with zero attached hydrogens (tertiary/aromatic N) is 1. The van der Waals surface area contributed by atoms with E-state index >= 15 is 0 Å². The molecule has 0 aliphatic rings. The Labute approximate surface area is 182 Å². The minimum atomic E-state index is -0.672. The van der Waals surface area contributed by atoms with Gasteiger partial charge >= 0.3 is 11.9 Å². The molecule has 0 fully saturated rings. The number of benzene rings is 3. The topological polar surface area (TPSA) is 113 Å². The molecule has 0 bridgehead atoms. The first kappa shape index (κ1) is 22.1. The van der Waals surface area contributed by atoms with E-state index in [2.05, 4.69) is 4.74 Å². The van der Waals surface area contributed by atoms with Gasteiger partial charge in [0.15, 0.2) is 5.78 Å². The summed E-state index contributed by atoms with van der Waals surface area (Å²) in [5.74, 6) is -1.14. The molecule has 3 aromatic carbocycles. The van der Waals surface area contributed by atoms with E-state index in [0.717, 1.165) is 5.56 Å². The van der Waals surface area contributed by atoms with Gasteiger partial charge in [-0.05, 0) is 60.2 Å². The number of nitro groups is 1. The SMILES string of the molecule is COC(=O)c1ccc(/C=C/C(=O)c2ccc(OC(=O)c3ccc([N+](=O)[O-])cc3)cc2)cc1. The van der Waals surface area contributed by atoms with E-state index in [1.807, 2.05) is 0 Å². The Morgan fingerprint density at radius 3 is 1.88 bits per heavy atom. The molecule has 0 N–H and O–H groups in total. The second-order valence-electron chi connectivity index (χ2n) is 6.53. The lowest BCUT2D eigenvalue weighted by Gasteiger charge is -2.05. The quantitative estimate of drug-likeness (QED) is 0.135. The third-order valence-corrected chi connectivity index (χ3v) is 4.42. The second-order valence-corrected chi connectivity index (χ2v) is 6.53. The monoisotopic (exact) mass is 431 g/mol. The Morgan fingerprint density at radius 2 is 1.31 bits per heavy atom. The maximum Gasteiger partial charge on any atom is 0.343 e. The molecular formula is C24H17NO7. The molecule has 0 unspecified atom stereocenters. The average Bonchev–Trinajstić information content (AvgIpc) is 2.82. The fourth-order valence-electron chi connectivity index (χ4n) is 2.69. The molecule has 0 aliphatic carbocycles. The van der Waals surface area contributed by atoms with Gasteiger partial charge in [0.25, 0.3) is 5.69 Å². The van der Waals surface area contributed by atoms with Crippen molar-refractivity contribution < 1.29 is 28.8 Å². The zero-order chi connectivity index (χ0) is 23.1. The smallest absolute Gasteiger partial charge is 0.343 e. The molecule has 0 saturated carbocycles. The maximum absolute atomic E-state index is 12.4. The molecule has 0 radical (unpaired) electrons. The number of nitro benzene ring substituents is 1. The molecular weight excluding hydrogens is 414 g/mol. The van der Waals surface area contributed by atoms with Crippen molar-refractivity contribution in [3.05, 3.63) is 111 Å². The lowest BCUT2D eigenvalue weighted by atomic mass is 10.1. The Morgan fingerprint density at radius 1 is 0.781 bits per heavy atom. The van der Waals surface area contributed by atoms with Gasteiger partial charge in [0.2, 0.25) is 0 Å². The lowest BCUT2D eigenvalue weighted by molar-refractivity contribution is -0.384. The van der Waals surface area contributed by atoms with Crippen LogP contribution >= 0.6 is 0 Å². The van der Waals surface area contributed by atoms with Crippen molar-refractivity contribution in [1.82, 2.24) is 0 Å². The van der Waals surface area contributed by atoms with Crippen molar-refractivity contribution in [3.63, 3.8) is 0 Å². The van der Waals surface area contributed by atoms with Gasteiger partial charge in [-0.1, -0.05) is 18.2 Å². The number of hydrogen-bond donors (Lipinski definition) is 0. The highest BCUT2D eigenvalue weighted by atomic mass is 16.6. The normalized spacial score (nSPS) is 10.5. The summed E-state index contributed by atoms with van der Waals surface area (Å²) in [4.78, 5) is 46.1. The van der Waals surface area contributed by atoms with Crippen LogP contribution in [0.25, 0.3) is 6.08 Å². The summed E-state index contributed by atoms with van der Waals surface area (Å²) < 4.78 is 9.87. The zero-order valence-corrected chi connectivity index (χ0v) is 16.9. The van der Waals surface area contributed by atoms with Gasteiger partial charge in [0.05, 0.1) is 23.2 Å². The molecule has 32 heavy (non-hydrogen) atoms. The second kappa shape index (κ2) is 9.94. The summed E-state index contributed by atoms with van der Waals surface area (Å²) in [5, 5.41) is 10.7. The van der Waals surface area contributed by atoms with Crippen LogP contribution in [0, 0.1) is 10.1 Å². The lowest BCUT2D eigenvalue weighted by Crippen LogP contribution is -2.08. The first-order valence-corrected chi connectivity index (χ1v) is 9.35. The predicted molar refractivity (Wildman–Crippen MR) is 116 cm³/mol. The average molecular weight is 431 g/mol. The van der Waals surface area contributed by atoms with Crippen LogP contribution in [0.4, 0.5) is 5.69 Å². The van der Waals surface area contributed by atoms with Crippen molar-refractivity contribution in [2.45, 2.75) is 0 Å². The summed E-state index contributed by atoms with van der Waals surface area (Å²) in [5.41, 5.74) is 1.57. The van der Waals surface area contributed by atoms with Gasteiger partial charge in [-0.15, -0.1) is 0 Å². The summed E-state index contributed by atoms with van der Waals surface area (Å²) in [7, 11) is 1.30. The van der Waals surface area contributed by atoms with Crippen LogP contribution in [-0.4, -0.2) is 29.8 Å². The Bertz CT molecular complexity index is 1180. The molecule has 3 aromatic rings. The van der Waals surface area contributed by atoms with Gasteiger partial charge in [0, 0.05) is 17.7 Å². The minimum Gasteiger partial charge on any atom is -0.465 e. The standard InChI is InChI=1S/C24H17NO7/c1-31-23(27)18-5-2-16(3-6-18)4-15-22(26)17-9-13-21(14-10-17)32-24(28)19-7-11-20(12-8-19)25(29)30/h2-15H,1H3/b15-4+. The van der Waals surface area contributed by atoms with E-state index < -0.39 is 16.9 Å². The van der Waals surface area contributed by atoms with E-state index in [-0.39, 0.29) is 22.8 Å². The molecule has 8 heteroatoms. The number of non-ortho nitro benzene ring substituents is 1. The molecule has 0 saturated heterocycles. The van der Waals surface area contributed by atoms with Crippen molar-refractivity contribution in [2.75, 3.05) is 7.11 Å². The molecule has 8 nitrogen and oxygen atoms in total. The molecule has 160 valence electrons. The molecule has 3 rings (SSSR count). The van der Waals surface area contributed by atoms with E-state index in [0.29, 0.717) is 11.1 Å². The van der Waals surface area contributed by atoms with Gasteiger partial charge in [0.1, 0.15) is 5.75 Å². The highest BCUT2D eigenvalue weighted by molar-refractivity contribution is 6.07. The first-order chi connectivity index (χ1) is 15.4. The summed E-state index contributed by atoms with van der Waals surface area (Å²) in [6, 6.07) is 17.6. The summed E-state index contributed by atoms with van der Waals surface area (Å²) in [6.45, 7) is 0. The number of carbonyl (C=O) groups excluding carboxylic acids is 3. The Balaban J connectivity index is 1.61. The van der Waals surface area contributed by atoms with Crippen LogP contribution in [0.3, 0.4) is 0 Å². The van der Waals surface area contributed by atoms with Crippen molar-refractivity contribution in [2.24, 2.45) is 0 Å². The summed E-state index contributed by atoms with van der Waals surface area (Å²) in [6.07, 6.45) is 3.01. The number of ether oxygens (including phenoxy) is 2. The molecule has 0 spiro atoms. The Kier molecular flexibility index (Phi) is 6.87. The largest absolute Gasteiger partial charge is 0.465 e.